The van der Waals surface area contributed by atoms with E-state index in [0.29, 0.717) is 18.3 Å². The van der Waals surface area contributed by atoms with Crippen LogP contribution in [0.25, 0.3) is 0 Å². The van der Waals surface area contributed by atoms with Gasteiger partial charge in [0.15, 0.2) is 6.29 Å². The van der Waals surface area contributed by atoms with Gasteiger partial charge in [-0.05, 0) is 75.5 Å². The quantitative estimate of drug-likeness (QED) is 0.432. The van der Waals surface area contributed by atoms with Crippen molar-refractivity contribution >= 4 is 11.7 Å². The Balaban J connectivity index is 1.36. The molecule has 8 nitrogen and oxygen atoms in total. The number of amides is 2. The molecule has 5 rings (SSSR count). The number of nitrogens with zero attached hydrogens (tertiary/aromatic N) is 2. The molecule has 0 spiro atoms. The predicted molar refractivity (Wildman–Crippen MR) is 152 cm³/mol. The van der Waals surface area contributed by atoms with Crippen molar-refractivity contribution in [2.75, 3.05) is 44.6 Å². The summed E-state index contributed by atoms with van der Waals surface area (Å²) in [6, 6.07) is 16.1. The van der Waals surface area contributed by atoms with E-state index in [0.717, 1.165) is 36.3 Å². The lowest BCUT2D eigenvalue weighted by Crippen LogP contribution is -2.48. The van der Waals surface area contributed by atoms with E-state index in [1.807, 2.05) is 43.3 Å². The van der Waals surface area contributed by atoms with Gasteiger partial charge in [-0.1, -0.05) is 43.3 Å². The number of likely N-dealkylation sites (tertiary alicyclic amines) is 2. The molecule has 3 N–H and O–H groups in total. The van der Waals surface area contributed by atoms with Crippen LogP contribution < -0.4 is 10.6 Å². The van der Waals surface area contributed by atoms with Gasteiger partial charge in [-0.2, -0.15) is 0 Å². The van der Waals surface area contributed by atoms with Crippen LogP contribution in [-0.2, 0) is 16.1 Å². The molecule has 0 unspecified atom stereocenters. The van der Waals surface area contributed by atoms with Crippen molar-refractivity contribution in [3.63, 3.8) is 0 Å². The number of aliphatic hydroxyl groups is 1. The summed E-state index contributed by atoms with van der Waals surface area (Å²) in [6.45, 7) is 10.3. The van der Waals surface area contributed by atoms with E-state index in [1.165, 1.54) is 38.8 Å². The number of hydrogen-bond donors (Lipinski definition) is 3. The normalized spacial score (nSPS) is 28.0. The number of nitrogens with one attached hydrogen (secondary N) is 2. The third-order valence-electron chi connectivity index (χ3n) is 8.46. The molecule has 2 aromatic rings. The number of rotatable bonds is 9. The smallest absolute Gasteiger partial charge is 0.319 e. The first kappa shape index (κ1) is 28.1. The van der Waals surface area contributed by atoms with Crippen LogP contribution in [0.2, 0.25) is 0 Å². The number of urea groups is 1. The standard InChI is InChI=1S/C31H44N4O4/c1-3-32-31(37)33-26-9-6-8-25(18-26)30-38-28(20-35-17-7-10-27(35)19-34-15-4-5-16-34)22(2)29(39-30)24-13-11-23(21-36)12-14-24/h6,8-9,11-14,18,22,27-30,36H,3-5,7,10,15-17,19-21H2,1-2H3,(H2,32,33,37)/t22-,27+,28+,29+,30+/m1/s1. The molecular formula is C31H44N4O4. The highest BCUT2D eigenvalue weighted by molar-refractivity contribution is 5.89. The molecule has 3 heterocycles. The van der Waals surface area contributed by atoms with Crippen molar-refractivity contribution in [2.45, 2.75) is 70.7 Å². The zero-order valence-corrected chi connectivity index (χ0v) is 23.4. The molecule has 3 saturated heterocycles. The summed E-state index contributed by atoms with van der Waals surface area (Å²) >= 11 is 0. The van der Waals surface area contributed by atoms with Crippen molar-refractivity contribution in [1.29, 1.82) is 0 Å². The van der Waals surface area contributed by atoms with Gasteiger partial charge in [0, 0.05) is 42.8 Å². The molecule has 3 fully saturated rings. The van der Waals surface area contributed by atoms with E-state index < -0.39 is 6.29 Å². The molecule has 2 aromatic carbocycles. The Labute approximate surface area is 232 Å². The molecule has 39 heavy (non-hydrogen) atoms. The van der Waals surface area contributed by atoms with Crippen molar-refractivity contribution in [3.8, 4) is 0 Å². The zero-order chi connectivity index (χ0) is 27.2. The molecule has 3 aliphatic rings. The summed E-state index contributed by atoms with van der Waals surface area (Å²) < 4.78 is 13.4. The molecule has 0 radical (unpaired) electrons. The van der Waals surface area contributed by atoms with Gasteiger partial charge in [0.1, 0.15) is 0 Å². The molecule has 3 aliphatic heterocycles. The lowest BCUT2D eigenvalue weighted by molar-refractivity contribution is -0.276. The van der Waals surface area contributed by atoms with Crippen LogP contribution in [0.1, 0.15) is 68.6 Å². The second-order valence-corrected chi connectivity index (χ2v) is 11.2. The van der Waals surface area contributed by atoms with Crippen LogP contribution in [0.3, 0.4) is 0 Å². The summed E-state index contributed by atoms with van der Waals surface area (Å²) in [7, 11) is 0. The van der Waals surface area contributed by atoms with Crippen LogP contribution in [0, 0.1) is 5.92 Å². The van der Waals surface area contributed by atoms with E-state index in [1.54, 1.807) is 0 Å². The highest BCUT2D eigenvalue weighted by atomic mass is 16.7. The van der Waals surface area contributed by atoms with Gasteiger partial charge >= 0.3 is 6.03 Å². The van der Waals surface area contributed by atoms with Gasteiger partial charge in [0.2, 0.25) is 0 Å². The van der Waals surface area contributed by atoms with Gasteiger partial charge in [-0.3, -0.25) is 4.90 Å². The zero-order valence-electron chi connectivity index (χ0n) is 23.4. The topological polar surface area (TPSA) is 86.3 Å². The predicted octanol–water partition coefficient (Wildman–Crippen LogP) is 4.67. The van der Waals surface area contributed by atoms with Crippen LogP contribution >= 0.6 is 0 Å². The first-order chi connectivity index (χ1) is 19.0. The van der Waals surface area contributed by atoms with E-state index in [-0.39, 0.29) is 30.8 Å². The van der Waals surface area contributed by atoms with Crippen molar-refractivity contribution in [2.24, 2.45) is 5.92 Å². The summed E-state index contributed by atoms with van der Waals surface area (Å²) in [6.07, 6.45) is 4.41. The Morgan fingerprint density at radius 1 is 1.00 bits per heavy atom. The van der Waals surface area contributed by atoms with Gasteiger partial charge in [0.05, 0.1) is 18.8 Å². The van der Waals surface area contributed by atoms with Crippen molar-refractivity contribution in [1.82, 2.24) is 15.1 Å². The van der Waals surface area contributed by atoms with Crippen LogP contribution in [0.4, 0.5) is 10.5 Å². The monoisotopic (exact) mass is 536 g/mol. The number of carbonyl (C=O) groups is 1. The van der Waals surface area contributed by atoms with Crippen LogP contribution in [0.5, 0.6) is 0 Å². The maximum absolute atomic E-state index is 12.1. The molecule has 0 bridgehead atoms. The Morgan fingerprint density at radius 3 is 2.54 bits per heavy atom. The fourth-order valence-electron chi connectivity index (χ4n) is 6.26. The summed E-state index contributed by atoms with van der Waals surface area (Å²) in [5, 5.41) is 15.2. The third kappa shape index (κ3) is 6.99. The first-order valence-corrected chi connectivity index (χ1v) is 14.7. The lowest BCUT2D eigenvalue weighted by Gasteiger charge is -2.43. The molecular weight excluding hydrogens is 492 g/mol. The van der Waals surface area contributed by atoms with E-state index in [9.17, 15) is 9.90 Å². The van der Waals surface area contributed by atoms with E-state index in [2.05, 4.69) is 39.5 Å². The highest BCUT2D eigenvalue weighted by Gasteiger charge is 2.40. The first-order valence-electron chi connectivity index (χ1n) is 14.7. The van der Waals surface area contributed by atoms with Crippen molar-refractivity contribution in [3.05, 3.63) is 65.2 Å². The van der Waals surface area contributed by atoms with E-state index >= 15 is 0 Å². The summed E-state index contributed by atoms with van der Waals surface area (Å²) in [5.74, 6) is 0.144. The number of benzene rings is 2. The van der Waals surface area contributed by atoms with Gasteiger partial charge in [-0.25, -0.2) is 4.79 Å². The van der Waals surface area contributed by atoms with Crippen molar-refractivity contribution < 1.29 is 19.4 Å². The SMILES string of the molecule is CCNC(=O)Nc1cccc([C@H]2O[C@@H](CN3CCC[C@H]3CN3CCCC3)[C@@H](C)[C@@H](c3ccc(CO)cc3)O2)c1. The molecule has 212 valence electrons. The van der Waals surface area contributed by atoms with Crippen LogP contribution in [0.15, 0.2) is 48.5 Å². The van der Waals surface area contributed by atoms with Gasteiger partial charge in [0.25, 0.3) is 0 Å². The molecule has 5 atom stereocenters. The molecule has 8 heteroatoms. The summed E-state index contributed by atoms with van der Waals surface area (Å²) in [5.41, 5.74) is 3.56. The fourth-order valence-corrected chi connectivity index (χ4v) is 6.26. The average molecular weight is 537 g/mol. The number of aliphatic hydroxyl groups excluding tert-OH is 1. The molecule has 0 saturated carbocycles. The number of anilines is 1. The largest absolute Gasteiger partial charge is 0.392 e. The second kappa shape index (κ2) is 13.2. The van der Waals surface area contributed by atoms with Crippen LogP contribution in [-0.4, -0.2) is 72.4 Å². The van der Waals surface area contributed by atoms with E-state index in [4.69, 9.17) is 9.47 Å². The summed E-state index contributed by atoms with van der Waals surface area (Å²) in [4.78, 5) is 17.4. The maximum Gasteiger partial charge on any atom is 0.319 e. The van der Waals surface area contributed by atoms with Gasteiger partial charge < -0.3 is 30.1 Å². The minimum atomic E-state index is -0.552. The Bertz CT molecular complexity index is 1070. The second-order valence-electron chi connectivity index (χ2n) is 11.2. The van der Waals surface area contributed by atoms with Gasteiger partial charge in [-0.15, -0.1) is 0 Å². The number of hydrogen-bond acceptors (Lipinski definition) is 6. The lowest BCUT2D eigenvalue weighted by atomic mass is 9.90. The molecule has 0 aromatic heterocycles. The maximum atomic E-state index is 12.1. The minimum Gasteiger partial charge on any atom is -0.392 e. The Morgan fingerprint density at radius 2 is 1.79 bits per heavy atom. The Hall–Kier alpha value is -2.49. The number of ether oxygens (including phenoxy) is 2. The fraction of sp³-hybridized carbons (Fsp3) is 0.581. The molecule has 2 amide bonds. The highest BCUT2D eigenvalue weighted by Crippen LogP contribution is 2.42. The molecule has 0 aliphatic carbocycles. The Kier molecular flexibility index (Phi) is 9.53. The average Bonchev–Trinajstić information content (AvgIpc) is 3.63. The minimum absolute atomic E-state index is 0.00884. The third-order valence-corrected chi connectivity index (χ3v) is 8.46. The number of carbonyl (C=O) groups excluding carboxylic acids is 1.